The van der Waals surface area contributed by atoms with Crippen molar-refractivity contribution in [1.82, 2.24) is 4.90 Å². The number of hydrogen-bond donors (Lipinski definition) is 3. The summed E-state index contributed by atoms with van der Waals surface area (Å²) in [5.41, 5.74) is -0.105. The van der Waals surface area contributed by atoms with Gasteiger partial charge in [0.25, 0.3) is 0 Å². The van der Waals surface area contributed by atoms with Crippen LogP contribution in [0.4, 0.5) is 0 Å². The Kier molecular flexibility index (Phi) is 28.3. The number of fused-ring (bicyclic) bond motifs is 5. The van der Waals surface area contributed by atoms with Crippen molar-refractivity contribution in [2.75, 3.05) is 13.1 Å². The molecule has 0 aliphatic heterocycles. The van der Waals surface area contributed by atoms with Gasteiger partial charge in [-0.05, 0) is 111 Å². The van der Waals surface area contributed by atoms with E-state index in [1.165, 1.54) is 193 Å². The maximum absolute atomic E-state index is 14.1. The number of carbonyl (C=O) groups is 1. The van der Waals surface area contributed by atoms with Gasteiger partial charge in [-0.1, -0.05) is 227 Å². The Morgan fingerprint density at radius 1 is 0.538 bits per heavy atom. The van der Waals surface area contributed by atoms with Crippen molar-refractivity contribution in [3.63, 3.8) is 0 Å². The summed E-state index contributed by atoms with van der Waals surface area (Å²) in [7, 11) is 0. The van der Waals surface area contributed by atoms with Gasteiger partial charge in [0, 0.05) is 19.5 Å². The van der Waals surface area contributed by atoms with Crippen LogP contribution in [-0.4, -0.2) is 57.5 Å². The lowest BCUT2D eigenvalue weighted by Crippen LogP contribution is -2.62. The van der Waals surface area contributed by atoms with Gasteiger partial charge in [-0.3, -0.25) is 4.79 Å². The van der Waals surface area contributed by atoms with Crippen LogP contribution < -0.4 is 0 Å². The van der Waals surface area contributed by atoms with E-state index in [0.717, 1.165) is 77.3 Å². The summed E-state index contributed by atoms with van der Waals surface area (Å²) in [6, 6.07) is 0. The molecule has 4 fully saturated rings. The number of aliphatic hydroxyl groups excluding tert-OH is 3. The number of rotatable bonds is 38. The minimum Gasteiger partial charge on any atom is -0.393 e. The maximum Gasteiger partial charge on any atom is 0.222 e. The van der Waals surface area contributed by atoms with Crippen LogP contribution in [-0.2, 0) is 4.79 Å². The van der Waals surface area contributed by atoms with Crippen LogP contribution in [0.25, 0.3) is 0 Å². The van der Waals surface area contributed by atoms with Gasteiger partial charge in [0.05, 0.1) is 18.3 Å². The molecule has 0 heterocycles. The van der Waals surface area contributed by atoms with Crippen LogP contribution in [0, 0.1) is 46.3 Å². The second-order valence-electron chi connectivity index (χ2n) is 24.0. The minimum atomic E-state index is -0.365. The highest BCUT2D eigenvalue weighted by Crippen LogP contribution is 2.68. The second kappa shape index (κ2) is 32.3. The fourth-order valence-electron chi connectivity index (χ4n) is 14.9. The summed E-state index contributed by atoms with van der Waals surface area (Å²) in [6.07, 6.45) is 51.0. The molecule has 0 saturated heterocycles. The Balaban J connectivity index is 1.17. The Labute approximate surface area is 405 Å². The molecule has 0 spiro atoms. The zero-order chi connectivity index (χ0) is 46.8. The van der Waals surface area contributed by atoms with Gasteiger partial charge in [-0.25, -0.2) is 0 Å². The van der Waals surface area contributed by atoms with Crippen LogP contribution in [0.3, 0.4) is 0 Å². The molecule has 0 radical (unpaired) electrons. The number of amides is 1. The van der Waals surface area contributed by atoms with E-state index in [-0.39, 0.29) is 35.1 Å². The molecule has 0 unspecified atom stereocenters. The van der Waals surface area contributed by atoms with Crippen LogP contribution in [0.15, 0.2) is 0 Å². The van der Waals surface area contributed by atoms with E-state index in [1.54, 1.807) is 0 Å². The van der Waals surface area contributed by atoms with E-state index < -0.39 is 0 Å². The Hall–Kier alpha value is -0.650. The van der Waals surface area contributed by atoms with Gasteiger partial charge in [0.15, 0.2) is 0 Å². The molecular formula is C60H113NO4. The molecule has 4 rings (SSSR count). The van der Waals surface area contributed by atoms with Crippen molar-refractivity contribution in [3.8, 4) is 0 Å². The second-order valence-corrected chi connectivity index (χ2v) is 24.0. The quantitative estimate of drug-likeness (QED) is 0.0539. The first-order valence-corrected chi connectivity index (χ1v) is 29.9. The smallest absolute Gasteiger partial charge is 0.222 e. The Morgan fingerprint density at radius 2 is 0.954 bits per heavy atom. The molecule has 65 heavy (non-hydrogen) atoms. The van der Waals surface area contributed by atoms with Gasteiger partial charge >= 0.3 is 0 Å². The summed E-state index contributed by atoms with van der Waals surface area (Å²) in [5.74, 6) is 2.38. The third-order valence-electron chi connectivity index (χ3n) is 19.3. The molecule has 3 N–H and O–H groups in total. The van der Waals surface area contributed by atoms with Gasteiger partial charge in [0.2, 0.25) is 5.91 Å². The molecule has 11 atom stereocenters. The van der Waals surface area contributed by atoms with Crippen molar-refractivity contribution in [2.24, 2.45) is 46.3 Å². The molecule has 0 aromatic heterocycles. The van der Waals surface area contributed by atoms with Crippen LogP contribution in [0.1, 0.15) is 298 Å². The van der Waals surface area contributed by atoms with Crippen LogP contribution in [0.2, 0.25) is 0 Å². The standard InChI is InChI=1S/C60H113NO4/c1-6-8-10-12-14-16-18-20-22-24-26-28-30-32-34-36-44-61(45-37-35-33-31-29-27-25-23-21-19-17-15-13-11-9-7-2)57(65)41-38-49(3)52-39-40-53-58-54(48-56(64)60(52,53)5)59(4)43-42-51(62)46-50(59)47-55(58)63/h49-56,58,62-64H,6-48H2,1-5H3/t49-,50+,51-,52-,53+,54+,55-,56+,58+,59+,60-/m1/s1. The van der Waals surface area contributed by atoms with E-state index in [0.29, 0.717) is 41.9 Å². The molecule has 382 valence electrons. The largest absolute Gasteiger partial charge is 0.393 e. The zero-order valence-corrected chi connectivity index (χ0v) is 44.3. The van der Waals surface area contributed by atoms with Crippen LogP contribution in [0.5, 0.6) is 0 Å². The summed E-state index contributed by atoms with van der Waals surface area (Å²) in [5, 5.41) is 34.4. The summed E-state index contributed by atoms with van der Waals surface area (Å²) < 4.78 is 0. The number of nitrogens with zero attached hydrogens (tertiary/aromatic N) is 1. The third kappa shape index (κ3) is 18.6. The van der Waals surface area contributed by atoms with E-state index in [4.69, 9.17) is 0 Å². The SMILES string of the molecule is CCCCCCCCCCCCCCCCCCN(CCCCCCCCCCCCCCCCCC)C(=O)CC[C@@H](C)[C@H]1CC[C@H]2[C@@H]3[C@H](O)C[C@@H]4C[C@H](O)CC[C@]4(C)[C@H]3C[C@H](O)[C@]12C. The minimum absolute atomic E-state index is 0.101. The van der Waals surface area contributed by atoms with Gasteiger partial charge in [-0.2, -0.15) is 0 Å². The molecule has 4 aliphatic rings. The summed E-state index contributed by atoms with van der Waals surface area (Å²) >= 11 is 0. The Bertz CT molecular complexity index is 1170. The first kappa shape index (κ1) is 56.9. The number of carbonyl (C=O) groups excluding carboxylic acids is 1. The van der Waals surface area contributed by atoms with Crippen molar-refractivity contribution < 1.29 is 20.1 Å². The molecular weight excluding hydrogens is 799 g/mol. The monoisotopic (exact) mass is 912 g/mol. The molecule has 4 aliphatic carbocycles. The molecule has 4 saturated carbocycles. The number of unbranched alkanes of at least 4 members (excludes halogenated alkanes) is 30. The number of aliphatic hydroxyl groups is 3. The van der Waals surface area contributed by atoms with Crippen molar-refractivity contribution in [1.29, 1.82) is 0 Å². The normalized spacial score (nSPS) is 30.2. The van der Waals surface area contributed by atoms with Crippen molar-refractivity contribution in [2.45, 2.75) is 316 Å². The lowest BCUT2D eigenvalue weighted by molar-refractivity contribution is -0.207. The Morgan fingerprint density at radius 3 is 1.38 bits per heavy atom. The molecule has 5 nitrogen and oxygen atoms in total. The molecule has 0 aromatic carbocycles. The van der Waals surface area contributed by atoms with Gasteiger partial charge < -0.3 is 20.2 Å². The zero-order valence-electron chi connectivity index (χ0n) is 44.3. The van der Waals surface area contributed by atoms with E-state index in [1.807, 2.05) is 0 Å². The van der Waals surface area contributed by atoms with Crippen molar-refractivity contribution >= 4 is 5.91 Å². The highest BCUT2D eigenvalue weighted by Gasteiger charge is 2.65. The molecule has 0 bridgehead atoms. The highest BCUT2D eigenvalue weighted by molar-refractivity contribution is 5.76. The lowest BCUT2D eigenvalue weighted by atomic mass is 9.43. The highest BCUT2D eigenvalue weighted by atomic mass is 16.3. The predicted molar refractivity (Wildman–Crippen MR) is 278 cm³/mol. The maximum atomic E-state index is 14.1. The van der Waals surface area contributed by atoms with E-state index >= 15 is 0 Å². The van der Waals surface area contributed by atoms with Crippen LogP contribution >= 0.6 is 0 Å². The molecule has 5 heteroatoms. The molecule has 1 amide bonds. The fraction of sp³-hybridized carbons (Fsp3) is 0.983. The number of hydrogen-bond acceptors (Lipinski definition) is 4. The summed E-state index contributed by atoms with van der Waals surface area (Å²) in [6.45, 7) is 13.6. The van der Waals surface area contributed by atoms with Gasteiger partial charge in [0.1, 0.15) is 0 Å². The third-order valence-corrected chi connectivity index (χ3v) is 19.3. The lowest BCUT2D eigenvalue weighted by Gasteiger charge is -2.63. The average Bonchev–Trinajstić information content (AvgIpc) is 3.66. The van der Waals surface area contributed by atoms with E-state index in [2.05, 4.69) is 39.5 Å². The van der Waals surface area contributed by atoms with E-state index in [9.17, 15) is 20.1 Å². The first-order chi connectivity index (χ1) is 31.6. The molecule has 0 aromatic rings. The topological polar surface area (TPSA) is 81.0 Å². The predicted octanol–water partition coefficient (Wildman–Crippen LogP) is 16.7. The van der Waals surface area contributed by atoms with Crippen molar-refractivity contribution in [3.05, 3.63) is 0 Å². The first-order valence-electron chi connectivity index (χ1n) is 29.9. The average molecular weight is 913 g/mol. The summed E-state index contributed by atoms with van der Waals surface area (Å²) in [4.78, 5) is 16.4. The fourth-order valence-corrected chi connectivity index (χ4v) is 14.9. The van der Waals surface area contributed by atoms with Gasteiger partial charge in [-0.15, -0.1) is 0 Å².